The van der Waals surface area contributed by atoms with Gasteiger partial charge in [0.2, 0.25) is 0 Å². The summed E-state index contributed by atoms with van der Waals surface area (Å²) in [7, 11) is 0. The molecule has 0 saturated carbocycles. The Hall–Kier alpha value is -0.240. The maximum absolute atomic E-state index is 11.5. The maximum atomic E-state index is 11.5. The van der Waals surface area contributed by atoms with Gasteiger partial charge in [0, 0.05) is 0 Å². The molecule has 0 aromatic rings. The van der Waals surface area contributed by atoms with E-state index >= 15 is 0 Å². The number of halogens is 1. The Bertz CT molecular complexity index is 157. The second-order valence-electron chi connectivity index (χ2n) is 3.61. The Morgan fingerprint density at radius 1 is 1.29 bits per heavy atom. The summed E-state index contributed by atoms with van der Waals surface area (Å²) in [6.07, 6.45) is 5.04. The average Bonchev–Trinajstić information content (AvgIpc) is 2.10. The van der Waals surface area contributed by atoms with Crippen LogP contribution in [0.4, 0.5) is 0 Å². The number of esters is 1. The summed E-state index contributed by atoms with van der Waals surface area (Å²) in [5.74, 6) is -0.0936. The van der Waals surface area contributed by atoms with E-state index in [1.54, 1.807) is 6.92 Å². The fourth-order valence-electron chi connectivity index (χ4n) is 1.44. The Morgan fingerprint density at radius 3 is 2.36 bits per heavy atom. The quantitative estimate of drug-likeness (QED) is 0.483. The van der Waals surface area contributed by atoms with E-state index in [1.165, 1.54) is 0 Å². The van der Waals surface area contributed by atoms with Crippen molar-refractivity contribution in [2.45, 2.75) is 58.4 Å². The van der Waals surface area contributed by atoms with Gasteiger partial charge in [-0.2, -0.15) is 0 Å². The topological polar surface area (TPSA) is 26.3 Å². The van der Waals surface area contributed by atoms with E-state index in [2.05, 4.69) is 13.8 Å². The van der Waals surface area contributed by atoms with Crippen molar-refractivity contribution in [1.29, 1.82) is 0 Å². The number of carbonyl (C=O) groups is 1. The fraction of sp³-hybridized carbons (Fsp3) is 0.909. The molecule has 0 heterocycles. The lowest BCUT2D eigenvalue weighted by atomic mass is 9.97. The minimum absolute atomic E-state index is 0.0427. The SMILES string of the molecule is CCCCC(CCC)C(=O)OC(C)Cl. The molecule has 0 aliphatic carbocycles. The molecule has 0 rings (SSSR count). The zero-order valence-corrected chi connectivity index (χ0v) is 10.1. The predicted octanol–water partition coefficient (Wildman–Crippen LogP) is 3.72. The highest BCUT2D eigenvalue weighted by atomic mass is 35.5. The van der Waals surface area contributed by atoms with Gasteiger partial charge in [-0.1, -0.05) is 44.7 Å². The molecule has 0 N–H and O–H groups in total. The Kier molecular flexibility index (Phi) is 7.96. The summed E-state index contributed by atoms with van der Waals surface area (Å²) < 4.78 is 4.99. The lowest BCUT2D eigenvalue weighted by Crippen LogP contribution is -2.20. The van der Waals surface area contributed by atoms with Gasteiger partial charge >= 0.3 is 5.97 Å². The van der Waals surface area contributed by atoms with E-state index in [-0.39, 0.29) is 11.9 Å². The third-order valence-corrected chi connectivity index (χ3v) is 2.24. The number of unbranched alkanes of at least 4 members (excludes halogenated alkanes) is 1. The molecule has 0 radical (unpaired) electrons. The van der Waals surface area contributed by atoms with Gasteiger partial charge in [-0.15, -0.1) is 0 Å². The van der Waals surface area contributed by atoms with Crippen LogP contribution in [0.5, 0.6) is 0 Å². The van der Waals surface area contributed by atoms with Crippen molar-refractivity contribution in [2.75, 3.05) is 0 Å². The number of rotatable bonds is 7. The minimum Gasteiger partial charge on any atom is -0.446 e. The van der Waals surface area contributed by atoms with Crippen LogP contribution in [0.3, 0.4) is 0 Å². The second kappa shape index (κ2) is 8.10. The summed E-state index contributed by atoms with van der Waals surface area (Å²) in [6.45, 7) is 5.87. The molecule has 2 nitrogen and oxygen atoms in total. The summed E-state index contributed by atoms with van der Waals surface area (Å²) in [6, 6.07) is 0. The van der Waals surface area contributed by atoms with Crippen LogP contribution in [0.2, 0.25) is 0 Å². The van der Waals surface area contributed by atoms with Gasteiger partial charge in [-0.3, -0.25) is 4.79 Å². The molecular formula is C11H21ClO2. The van der Waals surface area contributed by atoms with Crippen LogP contribution in [0, 0.1) is 5.92 Å². The maximum Gasteiger partial charge on any atom is 0.310 e. The molecule has 0 aromatic heterocycles. The van der Waals surface area contributed by atoms with Crippen LogP contribution in [0.15, 0.2) is 0 Å². The van der Waals surface area contributed by atoms with Crippen molar-refractivity contribution < 1.29 is 9.53 Å². The summed E-state index contributed by atoms with van der Waals surface area (Å²) >= 11 is 5.61. The van der Waals surface area contributed by atoms with E-state index in [0.717, 1.165) is 32.1 Å². The largest absolute Gasteiger partial charge is 0.446 e. The number of alkyl halides is 1. The first-order chi connectivity index (χ1) is 6.61. The molecule has 0 bridgehead atoms. The van der Waals surface area contributed by atoms with Gasteiger partial charge < -0.3 is 4.74 Å². The average molecular weight is 221 g/mol. The lowest BCUT2D eigenvalue weighted by molar-refractivity contribution is -0.150. The highest BCUT2D eigenvalue weighted by Gasteiger charge is 2.19. The van der Waals surface area contributed by atoms with Gasteiger partial charge in [-0.25, -0.2) is 0 Å². The van der Waals surface area contributed by atoms with E-state index < -0.39 is 5.56 Å². The van der Waals surface area contributed by atoms with Crippen LogP contribution in [-0.2, 0) is 9.53 Å². The Labute approximate surface area is 92.0 Å². The van der Waals surface area contributed by atoms with E-state index in [1.807, 2.05) is 0 Å². The van der Waals surface area contributed by atoms with Crippen LogP contribution in [0.25, 0.3) is 0 Å². The van der Waals surface area contributed by atoms with E-state index in [4.69, 9.17) is 16.3 Å². The zero-order chi connectivity index (χ0) is 11.0. The summed E-state index contributed by atoms with van der Waals surface area (Å²) in [5.41, 5.74) is -0.511. The molecule has 0 amide bonds. The van der Waals surface area contributed by atoms with Gasteiger partial charge in [0.05, 0.1) is 5.92 Å². The molecule has 2 unspecified atom stereocenters. The fourth-order valence-corrected chi connectivity index (χ4v) is 1.52. The molecule has 0 fully saturated rings. The molecule has 0 aliphatic rings. The molecule has 0 spiro atoms. The Balaban J connectivity index is 3.97. The number of carbonyl (C=O) groups excluding carboxylic acids is 1. The number of hydrogen-bond acceptors (Lipinski definition) is 2. The van der Waals surface area contributed by atoms with Crippen molar-refractivity contribution in [3.05, 3.63) is 0 Å². The molecule has 3 heteroatoms. The van der Waals surface area contributed by atoms with Crippen molar-refractivity contribution in [3.63, 3.8) is 0 Å². The monoisotopic (exact) mass is 220 g/mol. The first-order valence-corrected chi connectivity index (χ1v) is 5.90. The van der Waals surface area contributed by atoms with E-state index in [0.29, 0.717) is 0 Å². The van der Waals surface area contributed by atoms with Gasteiger partial charge in [-0.05, 0) is 19.8 Å². The molecule has 84 valence electrons. The third-order valence-electron chi connectivity index (χ3n) is 2.16. The second-order valence-corrected chi connectivity index (χ2v) is 4.22. The molecular weight excluding hydrogens is 200 g/mol. The zero-order valence-electron chi connectivity index (χ0n) is 9.38. The van der Waals surface area contributed by atoms with Crippen LogP contribution < -0.4 is 0 Å². The minimum atomic E-state index is -0.511. The summed E-state index contributed by atoms with van der Waals surface area (Å²) in [4.78, 5) is 11.5. The molecule has 0 aromatic carbocycles. The third kappa shape index (κ3) is 6.25. The van der Waals surface area contributed by atoms with Crippen molar-refractivity contribution in [1.82, 2.24) is 0 Å². The molecule has 2 atom stereocenters. The standard InChI is InChI=1S/C11H21ClO2/c1-4-6-8-10(7-5-2)11(13)14-9(3)12/h9-10H,4-8H2,1-3H3. The van der Waals surface area contributed by atoms with Crippen molar-refractivity contribution in [2.24, 2.45) is 5.92 Å². The highest BCUT2D eigenvalue weighted by molar-refractivity contribution is 6.19. The number of ether oxygens (including phenoxy) is 1. The normalized spacial score (nSPS) is 14.9. The first-order valence-electron chi connectivity index (χ1n) is 5.46. The van der Waals surface area contributed by atoms with Gasteiger partial charge in [0.25, 0.3) is 0 Å². The van der Waals surface area contributed by atoms with E-state index in [9.17, 15) is 4.79 Å². The smallest absolute Gasteiger partial charge is 0.310 e. The lowest BCUT2D eigenvalue weighted by Gasteiger charge is -2.15. The van der Waals surface area contributed by atoms with Crippen molar-refractivity contribution >= 4 is 17.6 Å². The van der Waals surface area contributed by atoms with Gasteiger partial charge in [0.15, 0.2) is 5.56 Å². The molecule has 14 heavy (non-hydrogen) atoms. The van der Waals surface area contributed by atoms with Crippen LogP contribution >= 0.6 is 11.6 Å². The Morgan fingerprint density at radius 2 is 1.93 bits per heavy atom. The highest BCUT2D eigenvalue weighted by Crippen LogP contribution is 2.17. The first kappa shape index (κ1) is 13.8. The molecule has 0 aliphatic heterocycles. The van der Waals surface area contributed by atoms with Crippen LogP contribution in [-0.4, -0.2) is 11.5 Å². The predicted molar refractivity (Wildman–Crippen MR) is 59.3 cm³/mol. The molecule has 0 saturated heterocycles. The summed E-state index contributed by atoms with van der Waals surface area (Å²) in [5, 5.41) is 0. The van der Waals surface area contributed by atoms with Crippen molar-refractivity contribution in [3.8, 4) is 0 Å². The van der Waals surface area contributed by atoms with Gasteiger partial charge in [0.1, 0.15) is 0 Å². The van der Waals surface area contributed by atoms with Crippen LogP contribution in [0.1, 0.15) is 52.9 Å². The number of hydrogen-bond donors (Lipinski definition) is 0.